The Labute approximate surface area is 186 Å². The lowest BCUT2D eigenvalue weighted by Crippen LogP contribution is -2.41. The average molecular weight is 428 g/mol. The molecule has 1 saturated heterocycles. The van der Waals surface area contributed by atoms with E-state index in [1.54, 1.807) is 0 Å². The van der Waals surface area contributed by atoms with E-state index in [9.17, 15) is 10.4 Å². The minimum absolute atomic E-state index is 0.182. The van der Waals surface area contributed by atoms with Crippen LogP contribution in [0.15, 0.2) is 46.9 Å². The first-order valence-electron chi connectivity index (χ1n) is 11.3. The van der Waals surface area contributed by atoms with Crippen LogP contribution in [0.25, 0.3) is 0 Å². The Morgan fingerprint density at radius 2 is 1.97 bits per heavy atom. The van der Waals surface area contributed by atoms with E-state index in [1.165, 1.54) is 22.4 Å². The summed E-state index contributed by atoms with van der Waals surface area (Å²) in [6.45, 7) is 3.11. The summed E-state index contributed by atoms with van der Waals surface area (Å²) in [6.07, 6.45) is 3.17. The summed E-state index contributed by atoms with van der Waals surface area (Å²) >= 11 is 0. The molecule has 3 aromatic rings. The molecule has 2 aromatic carbocycles. The SMILES string of the molecule is C[C@H]1c2ccccc2[C@@H]2CC(Nc3nnc(C4(O)CC4)o3)CCN2c2ccc(C#N)cc21. The van der Waals surface area contributed by atoms with Crippen molar-refractivity contribution >= 4 is 11.7 Å². The van der Waals surface area contributed by atoms with E-state index in [0.717, 1.165) is 19.4 Å². The lowest BCUT2D eigenvalue weighted by molar-refractivity contribution is 0.117. The Morgan fingerprint density at radius 3 is 2.75 bits per heavy atom. The van der Waals surface area contributed by atoms with E-state index in [2.05, 4.69) is 63.7 Å². The van der Waals surface area contributed by atoms with Crippen molar-refractivity contribution in [1.29, 1.82) is 5.26 Å². The zero-order valence-corrected chi connectivity index (χ0v) is 18.0. The fourth-order valence-corrected chi connectivity index (χ4v) is 5.26. The molecule has 2 aliphatic heterocycles. The summed E-state index contributed by atoms with van der Waals surface area (Å²) in [7, 11) is 0. The van der Waals surface area contributed by atoms with Crippen LogP contribution < -0.4 is 10.2 Å². The van der Waals surface area contributed by atoms with E-state index in [0.29, 0.717) is 30.3 Å². The Hall–Kier alpha value is -3.37. The van der Waals surface area contributed by atoms with Gasteiger partial charge in [0.15, 0.2) is 0 Å². The summed E-state index contributed by atoms with van der Waals surface area (Å²) in [5, 5.41) is 31.2. The Morgan fingerprint density at radius 1 is 1.16 bits per heavy atom. The number of fused-ring (bicyclic) bond motifs is 5. The highest BCUT2D eigenvalue weighted by Crippen LogP contribution is 2.47. The number of piperidine rings is 1. The quantitative estimate of drug-likeness (QED) is 0.646. The number of anilines is 2. The lowest BCUT2D eigenvalue weighted by Gasteiger charge is -2.41. The van der Waals surface area contributed by atoms with Crippen molar-refractivity contribution in [2.75, 3.05) is 16.8 Å². The number of hydrogen-bond acceptors (Lipinski definition) is 7. The van der Waals surface area contributed by atoms with Gasteiger partial charge < -0.3 is 19.7 Å². The highest BCUT2D eigenvalue weighted by Gasteiger charge is 2.47. The van der Waals surface area contributed by atoms with Gasteiger partial charge in [0.1, 0.15) is 5.60 Å². The summed E-state index contributed by atoms with van der Waals surface area (Å²) in [5.74, 6) is 0.526. The number of aliphatic hydroxyl groups is 1. The second kappa shape index (κ2) is 7.07. The van der Waals surface area contributed by atoms with Crippen LogP contribution in [0, 0.1) is 11.3 Å². The van der Waals surface area contributed by atoms with E-state index in [4.69, 9.17) is 4.42 Å². The van der Waals surface area contributed by atoms with Gasteiger partial charge in [0, 0.05) is 24.2 Å². The third-order valence-electron chi connectivity index (χ3n) is 7.23. The van der Waals surface area contributed by atoms with Crippen molar-refractivity contribution in [1.82, 2.24) is 10.2 Å². The van der Waals surface area contributed by atoms with Crippen LogP contribution in [0.1, 0.15) is 72.7 Å². The summed E-state index contributed by atoms with van der Waals surface area (Å²) in [6, 6.07) is 17.8. The number of benzene rings is 2. The summed E-state index contributed by atoms with van der Waals surface area (Å²) in [4.78, 5) is 2.49. The van der Waals surface area contributed by atoms with E-state index < -0.39 is 5.60 Å². The lowest BCUT2D eigenvalue weighted by atomic mass is 9.86. The molecule has 0 radical (unpaired) electrons. The maximum absolute atomic E-state index is 10.2. The third kappa shape index (κ3) is 3.06. The van der Waals surface area contributed by atoms with Gasteiger partial charge in [-0.2, -0.15) is 5.26 Å². The minimum atomic E-state index is -0.918. The number of aromatic nitrogens is 2. The molecule has 162 valence electrons. The number of rotatable bonds is 3. The van der Waals surface area contributed by atoms with Crippen LogP contribution in [0.3, 0.4) is 0 Å². The molecule has 1 saturated carbocycles. The molecule has 1 aliphatic carbocycles. The molecule has 3 aliphatic rings. The van der Waals surface area contributed by atoms with Crippen LogP contribution in [-0.4, -0.2) is 27.9 Å². The second-order valence-corrected chi connectivity index (χ2v) is 9.25. The smallest absolute Gasteiger partial charge is 0.315 e. The van der Waals surface area contributed by atoms with E-state index in [1.807, 2.05) is 12.1 Å². The summed E-state index contributed by atoms with van der Waals surface area (Å²) < 4.78 is 5.71. The van der Waals surface area contributed by atoms with Crippen molar-refractivity contribution < 1.29 is 9.52 Å². The normalized spacial score (nSPS) is 25.0. The van der Waals surface area contributed by atoms with Gasteiger partial charge >= 0.3 is 6.01 Å². The number of nitrogens with zero attached hydrogens (tertiary/aromatic N) is 4. The Bertz CT molecular complexity index is 1230. The van der Waals surface area contributed by atoms with Crippen molar-refractivity contribution in [3.63, 3.8) is 0 Å². The molecule has 7 heteroatoms. The summed E-state index contributed by atoms with van der Waals surface area (Å²) in [5.41, 5.74) is 4.86. The van der Waals surface area contributed by atoms with E-state index in [-0.39, 0.29) is 18.0 Å². The third-order valence-corrected chi connectivity index (χ3v) is 7.23. The first-order chi connectivity index (χ1) is 15.6. The van der Waals surface area contributed by atoms with Gasteiger partial charge in [-0.3, -0.25) is 0 Å². The Balaban J connectivity index is 1.33. The largest absolute Gasteiger partial charge is 0.405 e. The molecule has 3 heterocycles. The number of hydrogen-bond donors (Lipinski definition) is 2. The number of nitrogens with one attached hydrogen (secondary N) is 1. The van der Waals surface area contributed by atoms with Crippen LogP contribution in [0.2, 0.25) is 0 Å². The average Bonchev–Trinajstić information content (AvgIpc) is 3.42. The molecular weight excluding hydrogens is 402 g/mol. The first kappa shape index (κ1) is 19.3. The van der Waals surface area contributed by atoms with Crippen molar-refractivity contribution in [2.24, 2.45) is 0 Å². The minimum Gasteiger partial charge on any atom is -0.405 e. The Kier molecular flexibility index (Phi) is 4.27. The molecule has 0 amide bonds. The fraction of sp³-hybridized carbons (Fsp3) is 0.400. The molecule has 32 heavy (non-hydrogen) atoms. The predicted molar refractivity (Wildman–Crippen MR) is 119 cm³/mol. The van der Waals surface area contributed by atoms with Gasteiger partial charge in [-0.05, 0) is 60.6 Å². The number of nitriles is 1. The maximum Gasteiger partial charge on any atom is 0.315 e. The molecule has 6 rings (SSSR count). The topological polar surface area (TPSA) is 98.2 Å². The van der Waals surface area contributed by atoms with Crippen LogP contribution in [-0.2, 0) is 5.60 Å². The van der Waals surface area contributed by atoms with Crippen LogP contribution in [0.4, 0.5) is 11.7 Å². The van der Waals surface area contributed by atoms with Gasteiger partial charge in [-0.25, -0.2) is 0 Å². The highest BCUT2D eigenvalue weighted by atomic mass is 16.4. The van der Waals surface area contributed by atoms with Crippen molar-refractivity contribution in [2.45, 2.75) is 56.2 Å². The van der Waals surface area contributed by atoms with Gasteiger partial charge in [0.05, 0.1) is 17.7 Å². The van der Waals surface area contributed by atoms with Crippen molar-refractivity contribution in [3.05, 3.63) is 70.6 Å². The molecule has 1 unspecified atom stereocenters. The van der Waals surface area contributed by atoms with Gasteiger partial charge in [-0.1, -0.05) is 36.3 Å². The van der Waals surface area contributed by atoms with E-state index >= 15 is 0 Å². The molecule has 2 N–H and O–H groups in total. The molecule has 1 aromatic heterocycles. The van der Waals surface area contributed by atoms with Crippen LogP contribution in [0.5, 0.6) is 0 Å². The van der Waals surface area contributed by atoms with Crippen molar-refractivity contribution in [3.8, 4) is 6.07 Å². The zero-order valence-electron chi connectivity index (χ0n) is 18.0. The molecule has 3 atom stereocenters. The van der Waals surface area contributed by atoms with Gasteiger partial charge in [0.2, 0.25) is 5.89 Å². The fourth-order valence-electron chi connectivity index (χ4n) is 5.26. The first-order valence-corrected chi connectivity index (χ1v) is 11.3. The molecule has 7 nitrogen and oxygen atoms in total. The van der Waals surface area contributed by atoms with Crippen LogP contribution >= 0.6 is 0 Å². The monoisotopic (exact) mass is 427 g/mol. The molecule has 0 bridgehead atoms. The molecule has 2 fully saturated rings. The highest BCUT2D eigenvalue weighted by molar-refractivity contribution is 5.64. The molecule has 0 spiro atoms. The molecular formula is C25H25N5O2. The maximum atomic E-state index is 10.2. The second-order valence-electron chi connectivity index (χ2n) is 9.25. The zero-order chi connectivity index (χ0) is 21.9. The van der Waals surface area contributed by atoms with Gasteiger partial charge in [-0.15, -0.1) is 5.10 Å². The predicted octanol–water partition coefficient (Wildman–Crippen LogP) is 4.21. The van der Waals surface area contributed by atoms with Gasteiger partial charge in [0.25, 0.3) is 0 Å². The standard InChI is InChI=1S/C25H25N5O2/c1-15-18-4-2-3-5-19(18)22-13-17(27-24-29-28-23(32-24)25(31)9-10-25)8-11-30(22)21-7-6-16(14-26)12-20(15)21/h2-7,12,15,17,22,31H,8-11,13H2,1H3,(H,27,29)/t15-,17?,22-/m0/s1.